The first-order valence-electron chi connectivity index (χ1n) is 8.21. The number of benzene rings is 2. The van der Waals surface area contributed by atoms with E-state index in [0.717, 1.165) is 35.6 Å². The molecule has 2 aromatic carbocycles. The largest absolute Gasteiger partial charge is 0.275 e. The molecule has 0 aliphatic heterocycles. The highest BCUT2D eigenvalue weighted by Gasteiger charge is 2.30. The topological polar surface area (TPSA) is 57.4 Å². The quantitative estimate of drug-likeness (QED) is 0.483. The van der Waals surface area contributed by atoms with Gasteiger partial charge >= 0.3 is 0 Å². The third-order valence-corrected chi connectivity index (χ3v) is 5.26. The highest BCUT2D eigenvalue weighted by Crippen LogP contribution is 2.44. The van der Waals surface area contributed by atoms with Crippen molar-refractivity contribution in [1.29, 1.82) is 0 Å². The average Bonchev–Trinajstić information content (AvgIpc) is 3.33. The summed E-state index contributed by atoms with van der Waals surface area (Å²) in [6.45, 7) is 0. The Balaban J connectivity index is 1.52. The van der Waals surface area contributed by atoms with Gasteiger partial charge in [0.05, 0.1) is 22.8 Å². The van der Waals surface area contributed by atoms with E-state index in [0.29, 0.717) is 0 Å². The molecular formula is C20H14N4. The van der Waals surface area contributed by atoms with Crippen LogP contribution in [0, 0.1) is 0 Å². The Bertz CT molecular complexity index is 1030. The second-order valence-corrected chi connectivity index (χ2v) is 6.52. The van der Waals surface area contributed by atoms with Crippen LogP contribution in [0.1, 0.15) is 22.3 Å². The van der Waals surface area contributed by atoms with Crippen molar-refractivity contribution in [3.8, 4) is 33.9 Å². The lowest BCUT2D eigenvalue weighted by molar-refractivity contribution is 1.05. The zero-order valence-corrected chi connectivity index (χ0v) is 12.9. The van der Waals surface area contributed by atoms with E-state index in [9.17, 15) is 0 Å². The Morgan fingerprint density at radius 1 is 0.625 bits per heavy atom. The summed E-state index contributed by atoms with van der Waals surface area (Å²) < 4.78 is 0. The molecule has 0 fully saturated rings. The van der Waals surface area contributed by atoms with E-state index in [-0.39, 0.29) is 0 Å². The van der Waals surface area contributed by atoms with Crippen molar-refractivity contribution in [2.45, 2.75) is 12.8 Å². The first kappa shape index (κ1) is 12.3. The number of aromatic nitrogens is 4. The number of nitrogens with zero attached hydrogens (tertiary/aromatic N) is 2. The van der Waals surface area contributed by atoms with Gasteiger partial charge in [0.1, 0.15) is 0 Å². The van der Waals surface area contributed by atoms with Crippen molar-refractivity contribution < 1.29 is 0 Å². The van der Waals surface area contributed by atoms with Crippen LogP contribution in [-0.4, -0.2) is 20.4 Å². The summed E-state index contributed by atoms with van der Waals surface area (Å²) in [5.74, 6) is 0. The predicted molar refractivity (Wildman–Crippen MR) is 92.7 cm³/mol. The molecule has 2 N–H and O–H groups in total. The van der Waals surface area contributed by atoms with Gasteiger partial charge in [0.2, 0.25) is 0 Å². The molecular weight excluding hydrogens is 296 g/mol. The van der Waals surface area contributed by atoms with Gasteiger partial charge in [0.15, 0.2) is 0 Å². The summed E-state index contributed by atoms with van der Waals surface area (Å²) in [5.41, 5.74) is 12.1. The maximum absolute atomic E-state index is 4.60. The van der Waals surface area contributed by atoms with Gasteiger partial charge in [-0.05, 0) is 11.1 Å². The minimum Gasteiger partial charge on any atom is -0.275 e. The Kier molecular flexibility index (Phi) is 2.17. The van der Waals surface area contributed by atoms with E-state index < -0.39 is 0 Å². The fourth-order valence-corrected chi connectivity index (χ4v) is 4.13. The van der Waals surface area contributed by atoms with Gasteiger partial charge in [0.25, 0.3) is 0 Å². The summed E-state index contributed by atoms with van der Waals surface area (Å²) >= 11 is 0. The minimum atomic E-state index is 0.929. The number of hydrogen-bond acceptors (Lipinski definition) is 2. The van der Waals surface area contributed by atoms with Gasteiger partial charge in [-0.15, -0.1) is 0 Å². The third kappa shape index (κ3) is 1.43. The zero-order valence-electron chi connectivity index (χ0n) is 12.9. The Labute approximate surface area is 138 Å². The first-order valence-corrected chi connectivity index (χ1v) is 8.21. The molecule has 0 radical (unpaired) electrons. The normalized spacial score (nSPS) is 13.5. The van der Waals surface area contributed by atoms with Crippen molar-refractivity contribution in [3.63, 3.8) is 0 Å². The number of H-pyrrole nitrogens is 2. The fourth-order valence-electron chi connectivity index (χ4n) is 4.13. The van der Waals surface area contributed by atoms with Gasteiger partial charge in [-0.25, -0.2) is 0 Å². The zero-order chi connectivity index (χ0) is 15.7. The van der Waals surface area contributed by atoms with Crippen LogP contribution in [0.25, 0.3) is 33.9 Å². The molecule has 0 saturated carbocycles. The molecule has 6 rings (SSSR count). The van der Waals surface area contributed by atoms with E-state index in [4.69, 9.17) is 0 Å². The highest BCUT2D eigenvalue weighted by atomic mass is 15.2. The lowest BCUT2D eigenvalue weighted by Crippen LogP contribution is -1.91. The molecule has 0 spiro atoms. The van der Waals surface area contributed by atoms with E-state index in [2.05, 4.69) is 68.9 Å². The smallest absolute Gasteiger partial charge is 0.0966 e. The van der Waals surface area contributed by atoms with E-state index >= 15 is 0 Å². The summed E-state index contributed by atoms with van der Waals surface area (Å²) in [4.78, 5) is 0. The van der Waals surface area contributed by atoms with Crippen molar-refractivity contribution in [3.05, 3.63) is 70.8 Å². The van der Waals surface area contributed by atoms with Gasteiger partial charge in [-0.3, -0.25) is 10.2 Å². The fraction of sp³-hybridized carbons (Fsp3) is 0.100. The molecule has 4 heteroatoms. The Hall–Kier alpha value is -3.14. The monoisotopic (exact) mass is 310 g/mol. The first-order chi connectivity index (χ1) is 11.9. The van der Waals surface area contributed by atoms with Crippen LogP contribution in [0.4, 0.5) is 0 Å². The van der Waals surface area contributed by atoms with E-state index in [1.54, 1.807) is 0 Å². The predicted octanol–water partition coefficient (Wildman–Crippen LogP) is 3.94. The molecule has 0 unspecified atom stereocenters. The lowest BCUT2D eigenvalue weighted by Gasteiger charge is -2.01. The molecule has 4 nitrogen and oxygen atoms in total. The summed E-state index contributed by atoms with van der Waals surface area (Å²) in [5, 5.41) is 15.7. The molecule has 2 aliphatic carbocycles. The molecule has 0 amide bonds. The van der Waals surface area contributed by atoms with Crippen molar-refractivity contribution in [2.24, 2.45) is 0 Å². The number of rotatable bonds is 1. The van der Waals surface area contributed by atoms with E-state index in [1.165, 1.54) is 33.4 Å². The number of aromatic amines is 2. The van der Waals surface area contributed by atoms with E-state index in [1.807, 2.05) is 0 Å². The Morgan fingerprint density at radius 2 is 1.08 bits per heavy atom. The van der Waals surface area contributed by atoms with Crippen LogP contribution in [0.15, 0.2) is 48.5 Å². The van der Waals surface area contributed by atoms with Crippen LogP contribution in [0.3, 0.4) is 0 Å². The molecule has 24 heavy (non-hydrogen) atoms. The van der Waals surface area contributed by atoms with Crippen LogP contribution in [0.5, 0.6) is 0 Å². The van der Waals surface area contributed by atoms with Crippen LogP contribution >= 0.6 is 0 Å². The molecule has 2 aromatic heterocycles. The molecule has 114 valence electrons. The van der Waals surface area contributed by atoms with Crippen LogP contribution in [0.2, 0.25) is 0 Å². The molecule has 0 bridgehead atoms. The maximum Gasteiger partial charge on any atom is 0.0966 e. The standard InChI is InChI=1S/C20H14N4/c1-3-7-13-11(5-1)9-15-17(13)21-23-19(15)20-16-10-12-6-2-4-8-14(12)18(16)22-24-20/h1-8H,9-10H2,(H,21,23)(H,22,24). The molecule has 2 heterocycles. The van der Waals surface area contributed by atoms with Crippen LogP contribution < -0.4 is 0 Å². The molecule has 0 atom stereocenters. The average molecular weight is 310 g/mol. The van der Waals surface area contributed by atoms with Gasteiger partial charge < -0.3 is 0 Å². The molecule has 2 aliphatic rings. The second kappa shape index (κ2) is 4.23. The van der Waals surface area contributed by atoms with Crippen LogP contribution in [-0.2, 0) is 12.8 Å². The third-order valence-electron chi connectivity index (χ3n) is 5.26. The minimum absolute atomic E-state index is 0.929. The van der Waals surface area contributed by atoms with Crippen molar-refractivity contribution in [2.75, 3.05) is 0 Å². The number of hydrogen-bond donors (Lipinski definition) is 2. The SMILES string of the molecule is c1ccc2c(c1)Cc1c-2n[nH]c1-c1[nH]nc2c1Cc1ccccc1-2. The van der Waals surface area contributed by atoms with Crippen molar-refractivity contribution in [1.82, 2.24) is 20.4 Å². The van der Waals surface area contributed by atoms with Crippen molar-refractivity contribution >= 4 is 0 Å². The van der Waals surface area contributed by atoms with Gasteiger partial charge in [0, 0.05) is 35.1 Å². The maximum atomic E-state index is 4.60. The molecule has 4 aromatic rings. The Morgan fingerprint density at radius 3 is 1.58 bits per heavy atom. The summed E-state index contributed by atoms with van der Waals surface area (Å²) in [7, 11) is 0. The lowest BCUT2D eigenvalue weighted by atomic mass is 10.1. The summed E-state index contributed by atoms with van der Waals surface area (Å²) in [6, 6.07) is 17.0. The number of nitrogens with one attached hydrogen (secondary N) is 2. The second-order valence-electron chi connectivity index (χ2n) is 6.52. The van der Waals surface area contributed by atoms with Gasteiger partial charge in [-0.1, -0.05) is 48.5 Å². The van der Waals surface area contributed by atoms with Gasteiger partial charge in [-0.2, -0.15) is 10.2 Å². The highest BCUT2D eigenvalue weighted by molar-refractivity contribution is 5.85. The number of fused-ring (bicyclic) bond motifs is 6. The molecule has 0 saturated heterocycles. The summed E-state index contributed by atoms with van der Waals surface area (Å²) in [6.07, 6.45) is 1.86.